The first kappa shape index (κ1) is 22.1. The third-order valence-corrected chi connectivity index (χ3v) is 6.50. The number of aryl methyl sites for hydroxylation is 1. The number of nitrogen functional groups attached to an aromatic ring is 1. The number of urea groups is 1. The van der Waals surface area contributed by atoms with Gasteiger partial charge in [-0.1, -0.05) is 12.1 Å². The number of nitrogens with zero attached hydrogens (tertiary/aromatic N) is 4. The Morgan fingerprint density at radius 3 is 2.68 bits per heavy atom. The molecule has 1 saturated heterocycles. The first-order chi connectivity index (χ1) is 16.2. The minimum Gasteiger partial charge on any atom is -0.431 e. The van der Waals surface area contributed by atoms with Crippen molar-refractivity contribution in [3.05, 3.63) is 59.7 Å². The fraction of sp³-hybridized carbons (Fsp3) is 0.348. The van der Waals surface area contributed by atoms with Crippen LogP contribution < -0.4 is 15.8 Å². The van der Waals surface area contributed by atoms with Gasteiger partial charge >= 0.3 is 12.6 Å². The molecule has 0 saturated carbocycles. The molecule has 0 radical (unpaired) electrons. The van der Waals surface area contributed by atoms with Crippen LogP contribution in [-0.4, -0.2) is 45.4 Å². The van der Waals surface area contributed by atoms with Gasteiger partial charge in [0.25, 0.3) is 0 Å². The Morgan fingerprint density at radius 1 is 1.24 bits per heavy atom. The number of fused-ring (bicyclic) bond motifs is 2. The van der Waals surface area contributed by atoms with Crippen molar-refractivity contribution in [1.82, 2.24) is 25.0 Å². The number of hydrogen-bond acceptors (Lipinski definition) is 5. The van der Waals surface area contributed by atoms with Crippen molar-refractivity contribution in [3.63, 3.8) is 0 Å². The van der Waals surface area contributed by atoms with E-state index in [9.17, 15) is 18.0 Å². The van der Waals surface area contributed by atoms with Crippen molar-refractivity contribution in [2.24, 2.45) is 0 Å². The normalized spacial score (nSPS) is 16.9. The number of alkyl halides is 2. The second-order valence-electron chi connectivity index (χ2n) is 8.73. The number of carbonyl (C=O) groups excluding carboxylic acids is 1. The molecule has 178 valence electrons. The van der Waals surface area contributed by atoms with Gasteiger partial charge in [0.05, 0.1) is 11.7 Å². The number of rotatable bonds is 5. The van der Waals surface area contributed by atoms with Gasteiger partial charge in [-0.3, -0.25) is 4.68 Å². The average Bonchev–Trinajstić information content (AvgIpc) is 3.33. The Bertz CT molecular complexity index is 1220. The third kappa shape index (κ3) is 3.91. The zero-order chi connectivity index (χ0) is 24.0. The molecule has 4 heterocycles. The smallest absolute Gasteiger partial charge is 0.387 e. The van der Waals surface area contributed by atoms with E-state index >= 15 is 0 Å². The highest BCUT2D eigenvalue weighted by atomic mass is 19.3. The summed E-state index contributed by atoms with van der Waals surface area (Å²) in [5, 5.41) is 7.55. The van der Waals surface area contributed by atoms with Crippen molar-refractivity contribution in [2.45, 2.75) is 38.0 Å². The number of benzene rings is 1. The van der Waals surface area contributed by atoms with E-state index in [1.165, 1.54) is 24.4 Å². The van der Waals surface area contributed by atoms with Crippen LogP contribution >= 0.6 is 0 Å². The zero-order valence-corrected chi connectivity index (χ0v) is 18.3. The lowest BCUT2D eigenvalue weighted by atomic mass is 9.76. The highest BCUT2D eigenvalue weighted by Crippen LogP contribution is 2.44. The predicted molar refractivity (Wildman–Crippen MR) is 118 cm³/mol. The topological polar surface area (TPSA) is 98.3 Å². The number of nitrogens with two attached hydrogens (primary N) is 1. The van der Waals surface area contributed by atoms with E-state index in [-0.39, 0.29) is 34.9 Å². The van der Waals surface area contributed by atoms with Gasteiger partial charge in [-0.15, -0.1) is 0 Å². The number of likely N-dealkylation sites (tertiary alicyclic amines) is 1. The summed E-state index contributed by atoms with van der Waals surface area (Å²) in [6.07, 6.45) is 2.32. The summed E-state index contributed by atoms with van der Waals surface area (Å²) in [4.78, 5) is 18.4. The Hall–Kier alpha value is -3.76. The molecule has 34 heavy (non-hydrogen) atoms. The molecule has 1 fully saturated rings. The van der Waals surface area contributed by atoms with Gasteiger partial charge < -0.3 is 20.7 Å². The number of pyridine rings is 1. The molecule has 2 aliphatic heterocycles. The van der Waals surface area contributed by atoms with Crippen LogP contribution in [-0.2, 0) is 12.0 Å². The van der Waals surface area contributed by atoms with Gasteiger partial charge in [-0.25, -0.2) is 14.2 Å². The molecule has 1 spiro atoms. The average molecular weight is 472 g/mol. The Balaban J connectivity index is 1.27. The largest absolute Gasteiger partial charge is 0.431 e. The molecule has 11 heteroatoms. The van der Waals surface area contributed by atoms with Gasteiger partial charge in [-0.05, 0) is 43.2 Å². The second kappa shape index (κ2) is 8.23. The molecule has 8 nitrogen and oxygen atoms in total. The Kier molecular flexibility index (Phi) is 5.34. The molecule has 2 amide bonds. The summed E-state index contributed by atoms with van der Waals surface area (Å²) in [6, 6.07) is 8.90. The molecule has 5 rings (SSSR count). The van der Waals surface area contributed by atoms with E-state index in [0.29, 0.717) is 30.9 Å². The van der Waals surface area contributed by atoms with E-state index < -0.39 is 6.61 Å². The third-order valence-electron chi connectivity index (χ3n) is 6.50. The van der Waals surface area contributed by atoms with Crippen LogP contribution in [0.4, 0.5) is 23.8 Å². The number of ether oxygens (including phenoxy) is 1. The molecule has 3 N–H and O–H groups in total. The van der Waals surface area contributed by atoms with Crippen molar-refractivity contribution in [3.8, 4) is 17.0 Å². The van der Waals surface area contributed by atoms with Crippen molar-refractivity contribution >= 4 is 11.8 Å². The molecule has 1 aromatic carbocycles. The molecule has 3 aromatic rings. The SMILES string of the molecule is CC(NC(=O)N1CC2(CCn3nc(-c4cnc(N)c(OC(F)F)c4)cc32)C1)c1ccc(F)cc1. The van der Waals surface area contributed by atoms with Gasteiger partial charge in [0, 0.05) is 42.5 Å². The van der Waals surface area contributed by atoms with Gasteiger partial charge in [-0.2, -0.15) is 13.9 Å². The second-order valence-corrected chi connectivity index (χ2v) is 8.73. The van der Waals surface area contributed by atoms with E-state index in [0.717, 1.165) is 17.7 Å². The number of aromatic nitrogens is 3. The van der Waals surface area contributed by atoms with E-state index in [2.05, 4.69) is 20.1 Å². The molecule has 2 aliphatic rings. The minimum atomic E-state index is -3.01. The van der Waals surface area contributed by atoms with Crippen LogP contribution in [0.3, 0.4) is 0 Å². The number of hydrogen-bond donors (Lipinski definition) is 2. The number of carbonyl (C=O) groups is 1. The Morgan fingerprint density at radius 2 is 1.97 bits per heavy atom. The number of anilines is 1. The lowest BCUT2D eigenvalue weighted by Gasteiger charge is -2.47. The van der Waals surface area contributed by atoms with Crippen LogP contribution in [0.15, 0.2) is 42.6 Å². The van der Waals surface area contributed by atoms with Crippen LogP contribution in [0, 0.1) is 5.82 Å². The standard InChI is InChI=1S/C23H23F3N6O2/c1-13(14-2-4-16(24)5-3-14)29-22(33)31-11-23(12-31)6-7-32-19(23)9-17(30-32)15-8-18(34-21(25)26)20(27)28-10-15/h2-5,8-10,13,21H,6-7,11-12H2,1H3,(H2,27,28)(H,29,33). The lowest BCUT2D eigenvalue weighted by Crippen LogP contribution is -2.62. The highest BCUT2D eigenvalue weighted by Gasteiger charge is 2.51. The zero-order valence-electron chi connectivity index (χ0n) is 18.3. The summed E-state index contributed by atoms with van der Waals surface area (Å²) >= 11 is 0. The van der Waals surface area contributed by atoms with Gasteiger partial charge in [0.2, 0.25) is 0 Å². The highest BCUT2D eigenvalue weighted by molar-refractivity contribution is 5.76. The summed E-state index contributed by atoms with van der Waals surface area (Å²) in [5.74, 6) is -0.642. The van der Waals surface area contributed by atoms with Crippen LogP contribution in [0.2, 0.25) is 0 Å². The summed E-state index contributed by atoms with van der Waals surface area (Å²) < 4.78 is 44.7. The van der Waals surface area contributed by atoms with Gasteiger partial charge in [0.1, 0.15) is 5.82 Å². The molecular weight excluding hydrogens is 449 g/mol. The fourth-order valence-corrected chi connectivity index (χ4v) is 4.65. The fourth-order valence-electron chi connectivity index (χ4n) is 4.65. The molecule has 1 atom stereocenters. The molecule has 0 aliphatic carbocycles. The first-order valence-corrected chi connectivity index (χ1v) is 10.8. The number of amides is 2. The maximum atomic E-state index is 13.1. The lowest BCUT2D eigenvalue weighted by molar-refractivity contribution is -0.0494. The number of halogens is 3. The maximum Gasteiger partial charge on any atom is 0.387 e. The first-order valence-electron chi connectivity index (χ1n) is 10.8. The van der Waals surface area contributed by atoms with Crippen molar-refractivity contribution in [1.29, 1.82) is 0 Å². The van der Waals surface area contributed by atoms with E-state index in [4.69, 9.17) is 5.73 Å². The molecule has 2 aromatic heterocycles. The van der Waals surface area contributed by atoms with Crippen LogP contribution in [0.1, 0.15) is 30.6 Å². The summed E-state index contributed by atoms with van der Waals surface area (Å²) in [7, 11) is 0. The van der Waals surface area contributed by atoms with Crippen LogP contribution in [0.5, 0.6) is 5.75 Å². The predicted octanol–water partition coefficient (Wildman–Crippen LogP) is 3.70. The van der Waals surface area contributed by atoms with Gasteiger partial charge in [0.15, 0.2) is 11.6 Å². The minimum absolute atomic E-state index is 0.122. The quantitative estimate of drug-likeness (QED) is 0.590. The molecule has 0 bridgehead atoms. The van der Waals surface area contributed by atoms with Crippen molar-refractivity contribution < 1.29 is 22.7 Å². The Labute approximate surface area is 193 Å². The molecule has 1 unspecified atom stereocenters. The van der Waals surface area contributed by atoms with E-state index in [1.54, 1.807) is 17.0 Å². The summed E-state index contributed by atoms with van der Waals surface area (Å²) in [6.45, 7) is 0.622. The number of nitrogens with one attached hydrogen (secondary N) is 1. The molecular formula is C23H23F3N6O2. The maximum absolute atomic E-state index is 13.1. The van der Waals surface area contributed by atoms with Crippen LogP contribution in [0.25, 0.3) is 11.3 Å². The van der Waals surface area contributed by atoms with E-state index in [1.807, 2.05) is 17.7 Å². The summed E-state index contributed by atoms with van der Waals surface area (Å²) in [5.41, 5.74) is 8.33. The monoisotopic (exact) mass is 472 g/mol. The van der Waals surface area contributed by atoms with Crippen molar-refractivity contribution in [2.75, 3.05) is 18.8 Å².